The van der Waals surface area contributed by atoms with Crippen LogP contribution in [-0.2, 0) is 14.0 Å². The van der Waals surface area contributed by atoms with Crippen molar-refractivity contribution in [3.05, 3.63) is 35.9 Å². The number of ether oxygens (including phenoxy) is 1. The predicted molar refractivity (Wildman–Crippen MR) is 120 cm³/mol. The molecule has 0 unspecified atom stereocenters. The highest BCUT2D eigenvalue weighted by atomic mass is 28.4. The molecule has 3 rings (SSSR count). The number of hydrogen-bond acceptors (Lipinski definition) is 3. The van der Waals surface area contributed by atoms with E-state index in [0.29, 0.717) is 6.61 Å². The number of piperidine rings is 1. The minimum Gasteiger partial charge on any atom is -0.417 e. The van der Waals surface area contributed by atoms with Crippen LogP contribution in [0.2, 0.25) is 18.1 Å². The van der Waals surface area contributed by atoms with Gasteiger partial charge in [0.15, 0.2) is 8.32 Å². The quantitative estimate of drug-likeness (QED) is 0.409. The van der Waals surface area contributed by atoms with Gasteiger partial charge in [0.1, 0.15) is 5.72 Å². The molecule has 2 fully saturated rings. The van der Waals surface area contributed by atoms with E-state index < -0.39 is 14.0 Å². The highest BCUT2D eigenvalue weighted by Crippen LogP contribution is 2.48. The van der Waals surface area contributed by atoms with Crippen LogP contribution in [0.4, 0.5) is 0 Å². The Hall–Kier alpha value is -1.17. The van der Waals surface area contributed by atoms with Gasteiger partial charge in [-0.05, 0) is 55.8 Å². The summed E-state index contributed by atoms with van der Waals surface area (Å²) in [6, 6.07) is 10.4. The minimum absolute atomic E-state index is 0.0272. The van der Waals surface area contributed by atoms with Gasteiger partial charge in [-0.15, -0.1) is 0 Å². The molecule has 1 amide bonds. The summed E-state index contributed by atoms with van der Waals surface area (Å²) in [4.78, 5) is 15.5. The number of nitrogens with zero attached hydrogens (tertiary/aromatic N) is 1. The maximum Gasteiger partial charge on any atom is 0.228 e. The van der Waals surface area contributed by atoms with E-state index in [0.717, 1.165) is 38.7 Å². The molecule has 0 aromatic heterocycles. The van der Waals surface area contributed by atoms with E-state index in [1.165, 1.54) is 5.56 Å². The Morgan fingerprint density at radius 2 is 1.93 bits per heavy atom. The van der Waals surface area contributed by atoms with Crippen LogP contribution in [0, 0.1) is 5.92 Å². The number of hydrogen-bond donors (Lipinski definition) is 0. The topological polar surface area (TPSA) is 38.8 Å². The number of carbonyl (C=O) groups excluding carboxylic acids is 1. The van der Waals surface area contributed by atoms with Crippen LogP contribution in [0.1, 0.15) is 71.4 Å². The van der Waals surface area contributed by atoms with E-state index >= 15 is 0 Å². The van der Waals surface area contributed by atoms with Gasteiger partial charge in [0.05, 0.1) is 12.6 Å². The summed E-state index contributed by atoms with van der Waals surface area (Å²) < 4.78 is 12.8. The van der Waals surface area contributed by atoms with Crippen LogP contribution in [-0.4, -0.2) is 38.1 Å². The fourth-order valence-corrected chi connectivity index (χ4v) is 5.53. The molecule has 0 aliphatic carbocycles. The number of benzene rings is 1. The van der Waals surface area contributed by atoms with Gasteiger partial charge in [-0.1, -0.05) is 58.0 Å². The largest absolute Gasteiger partial charge is 0.417 e. The van der Waals surface area contributed by atoms with E-state index in [4.69, 9.17) is 9.16 Å². The van der Waals surface area contributed by atoms with Crippen molar-refractivity contribution in [3.63, 3.8) is 0 Å². The number of fused-ring (bicyclic) bond motifs is 1. The van der Waals surface area contributed by atoms with E-state index in [1.54, 1.807) is 0 Å². The van der Waals surface area contributed by atoms with E-state index in [9.17, 15) is 4.79 Å². The van der Waals surface area contributed by atoms with Gasteiger partial charge in [0.2, 0.25) is 5.91 Å². The molecule has 2 aliphatic rings. The van der Waals surface area contributed by atoms with Crippen LogP contribution in [0.25, 0.3) is 0 Å². The van der Waals surface area contributed by atoms with E-state index in [1.807, 2.05) is 18.2 Å². The molecule has 2 heterocycles. The average molecular weight is 418 g/mol. The fraction of sp³-hybridized carbons (Fsp3) is 0.708. The number of carbonyl (C=O) groups is 1. The normalized spacial score (nSPS) is 27.9. The molecule has 1 aromatic carbocycles. The first-order valence-electron chi connectivity index (χ1n) is 11.3. The maximum absolute atomic E-state index is 13.4. The van der Waals surface area contributed by atoms with Crippen molar-refractivity contribution in [2.45, 2.75) is 89.7 Å². The molecule has 2 aliphatic heterocycles. The Kier molecular flexibility index (Phi) is 6.61. The van der Waals surface area contributed by atoms with Crippen molar-refractivity contribution >= 4 is 14.2 Å². The maximum atomic E-state index is 13.4. The summed E-state index contributed by atoms with van der Waals surface area (Å²) in [5.74, 6) is 0.398. The second kappa shape index (κ2) is 8.52. The summed E-state index contributed by atoms with van der Waals surface area (Å²) in [6.45, 7) is 14.9. The highest BCUT2D eigenvalue weighted by molar-refractivity contribution is 6.74. The summed E-state index contributed by atoms with van der Waals surface area (Å²) in [5.41, 5.74) is 0.719. The van der Waals surface area contributed by atoms with Crippen molar-refractivity contribution in [3.8, 4) is 0 Å². The molecule has 5 heteroatoms. The minimum atomic E-state index is -1.75. The molecule has 0 radical (unpaired) electrons. The highest BCUT2D eigenvalue weighted by Gasteiger charge is 2.54. The first-order valence-corrected chi connectivity index (χ1v) is 14.2. The molecule has 2 saturated heterocycles. The van der Waals surface area contributed by atoms with Gasteiger partial charge in [0, 0.05) is 12.5 Å². The molecule has 1 aromatic rings. The lowest BCUT2D eigenvalue weighted by Crippen LogP contribution is -2.55. The predicted octanol–water partition coefficient (Wildman–Crippen LogP) is 5.90. The molecule has 0 saturated carbocycles. The molecular formula is C24H39NO3Si. The first kappa shape index (κ1) is 22.5. The first-order chi connectivity index (χ1) is 13.6. The molecule has 0 spiro atoms. The Morgan fingerprint density at radius 1 is 1.24 bits per heavy atom. The van der Waals surface area contributed by atoms with Crippen LogP contribution in [0.3, 0.4) is 0 Å². The second-order valence-electron chi connectivity index (χ2n) is 10.2. The summed E-state index contributed by atoms with van der Waals surface area (Å²) >= 11 is 0. The van der Waals surface area contributed by atoms with Crippen molar-refractivity contribution in [1.29, 1.82) is 0 Å². The van der Waals surface area contributed by atoms with Gasteiger partial charge in [-0.3, -0.25) is 4.79 Å². The third-order valence-corrected chi connectivity index (χ3v) is 11.9. The van der Waals surface area contributed by atoms with Gasteiger partial charge >= 0.3 is 0 Å². The van der Waals surface area contributed by atoms with Crippen molar-refractivity contribution < 1.29 is 14.0 Å². The number of amides is 1. The number of rotatable bonds is 7. The molecule has 0 bridgehead atoms. The van der Waals surface area contributed by atoms with Crippen LogP contribution in [0.15, 0.2) is 30.3 Å². The second-order valence-corrected chi connectivity index (χ2v) is 15.1. The summed E-state index contributed by atoms with van der Waals surface area (Å²) in [7, 11) is -1.75. The molecular weight excluding hydrogens is 378 g/mol. The van der Waals surface area contributed by atoms with Gasteiger partial charge < -0.3 is 14.1 Å². The van der Waals surface area contributed by atoms with Gasteiger partial charge in [0.25, 0.3) is 0 Å². The van der Waals surface area contributed by atoms with Crippen molar-refractivity contribution in [1.82, 2.24) is 4.90 Å². The van der Waals surface area contributed by atoms with E-state index in [-0.39, 0.29) is 22.9 Å². The Bertz CT molecular complexity index is 700. The molecule has 29 heavy (non-hydrogen) atoms. The standard InChI is InChI=1S/C24H39NO3Si/c1-7-19-14-16-24(15-11-17-28-29(5,6)23(2,3)4)25(22(19)26)21(18-27-24)20-12-9-8-10-13-20/h8-10,12-13,19,21H,7,11,14-18H2,1-6H3/t19-,21+,24+/m1/s1. The van der Waals surface area contributed by atoms with Crippen LogP contribution >= 0.6 is 0 Å². The third kappa shape index (κ3) is 4.47. The summed E-state index contributed by atoms with van der Waals surface area (Å²) in [6.07, 6.45) is 4.54. The summed E-state index contributed by atoms with van der Waals surface area (Å²) in [5, 5.41) is 0.217. The van der Waals surface area contributed by atoms with Gasteiger partial charge in [-0.25, -0.2) is 0 Å². The monoisotopic (exact) mass is 417 g/mol. The molecule has 3 atom stereocenters. The van der Waals surface area contributed by atoms with E-state index in [2.05, 4.69) is 57.8 Å². The zero-order chi connectivity index (χ0) is 21.3. The van der Waals surface area contributed by atoms with Crippen molar-refractivity contribution in [2.75, 3.05) is 13.2 Å². The Labute approximate surface area is 178 Å². The smallest absolute Gasteiger partial charge is 0.228 e. The lowest BCUT2D eigenvalue weighted by molar-refractivity contribution is -0.170. The average Bonchev–Trinajstić information content (AvgIpc) is 3.06. The third-order valence-electron chi connectivity index (χ3n) is 7.39. The van der Waals surface area contributed by atoms with Crippen LogP contribution < -0.4 is 0 Å². The fourth-order valence-electron chi connectivity index (χ4n) is 4.44. The zero-order valence-electron chi connectivity index (χ0n) is 19.2. The zero-order valence-corrected chi connectivity index (χ0v) is 20.2. The van der Waals surface area contributed by atoms with Crippen molar-refractivity contribution in [2.24, 2.45) is 5.92 Å². The lowest BCUT2D eigenvalue weighted by Gasteiger charge is -2.45. The Balaban J connectivity index is 1.73. The molecule has 4 nitrogen and oxygen atoms in total. The SMILES string of the molecule is CC[C@@H]1CC[C@]2(CCCO[Si](C)(C)C(C)(C)C)OC[C@@H](c3ccccc3)N2C1=O. The molecule has 162 valence electrons. The van der Waals surface area contributed by atoms with Gasteiger partial charge in [-0.2, -0.15) is 0 Å². The lowest BCUT2D eigenvalue weighted by atomic mass is 9.84. The van der Waals surface area contributed by atoms with Crippen LogP contribution in [0.5, 0.6) is 0 Å². The molecule has 0 N–H and O–H groups in total. The Morgan fingerprint density at radius 3 is 2.55 bits per heavy atom.